The van der Waals surface area contributed by atoms with Gasteiger partial charge >= 0.3 is 0 Å². The van der Waals surface area contributed by atoms with E-state index in [4.69, 9.17) is 4.74 Å². The van der Waals surface area contributed by atoms with E-state index in [0.717, 1.165) is 0 Å². The van der Waals surface area contributed by atoms with Crippen molar-refractivity contribution < 1.29 is 19.2 Å². The summed E-state index contributed by atoms with van der Waals surface area (Å²) in [5.74, 6) is -0.431. The maximum atomic E-state index is 11.9. The Morgan fingerprint density at radius 2 is 2.00 bits per heavy atom. The van der Waals surface area contributed by atoms with Gasteiger partial charge in [0.2, 0.25) is 11.8 Å². The molecule has 0 radical (unpaired) electrons. The van der Waals surface area contributed by atoms with Crippen molar-refractivity contribution in [2.75, 3.05) is 31.6 Å². The van der Waals surface area contributed by atoms with Gasteiger partial charge in [-0.05, 0) is 6.07 Å². The highest BCUT2D eigenvalue weighted by molar-refractivity contribution is 5.93. The van der Waals surface area contributed by atoms with E-state index in [9.17, 15) is 19.7 Å². The second-order valence-electron chi connectivity index (χ2n) is 4.85. The Balaban J connectivity index is 1.81. The lowest BCUT2D eigenvalue weighted by atomic mass is 10.2. The van der Waals surface area contributed by atoms with Gasteiger partial charge in [-0.2, -0.15) is 0 Å². The fourth-order valence-corrected chi connectivity index (χ4v) is 2.11. The molecule has 1 heterocycles. The molecule has 0 bridgehead atoms. The van der Waals surface area contributed by atoms with Crippen molar-refractivity contribution in [1.29, 1.82) is 0 Å². The molecular weight excluding hydrogens is 290 g/mol. The highest BCUT2D eigenvalue weighted by Crippen LogP contribution is 2.17. The van der Waals surface area contributed by atoms with E-state index in [2.05, 4.69) is 5.32 Å². The number of benzene rings is 1. The number of anilines is 1. The van der Waals surface area contributed by atoms with E-state index in [1.165, 1.54) is 18.2 Å². The van der Waals surface area contributed by atoms with Crippen LogP contribution in [0.1, 0.15) is 12.8 Å². The van der Waals surface area contributed by atoms with Crippen LogP contribution in [0.15, 0.2) is 24.3 Å². The number of ether oxygens (including phenoxy) is 1. The first-order chi connectivity index (χ1) is 10.6. The Labute approximate surface area is 127 Å². The van der Waals surface area contributed by atoms with Gasteiger partial charge in [0.05, 0.1) is 18.1 Å². The van der Waals surface area contributed by atoms with Crippen LogP contribution in [0.4, 0.5) is 11.4 Å². The minimum absolute atomic E-state index is 0.0406. The van der Waals surface area contributed by atoms with Gasteiger partial charge in [0.15, 0.2) is 0 Å². The molecule has 8 nitrogen and oxygen atoms in total. The molecule has 1 aliphatic rings. The van der Waals surface area contributed by atoms with Crippen LogP contribution in [0.25, 0.3) is 0 Å². The Bertz CT molecular complexity index is 569. The summed E-state index contributed by atoms with van der Waals surface area (Å²) >= 11 is 0. The summed E-state index contributed by atoms with van der Waals surface area (Å²) in [5.41, 5.74) is 0.250. The number of nitro groups is 1. The first kappa shape index (κ1) is 15.9. The summed E-state index contributed by atoms with van der Waals surface area (Å²) in [6, 6.07) is 5.68. The van der Waals surface area contributed by atoms with E-state index in [0.29, 0.717) is 32.0 Å². The lowest BCUT2D eigenvalue weighted by Crippen LogP contribution is -2.40. The largest absolute Gasteiger partial charge is 0.378 e. The normalized spacial score (nSPS) is 14.5. The lowest BCUT2D eigenvalue weighted by Gasteiger charge is -2.26. The molecule has 1 fully saturated rings. The van der Waals surface area contributed by atoms with Gasteiger partial charge in [0.25, 0.3) is 5.69 Å². The average molecular weight is 307 g/mol. The van der Waals surface area contributed by atoms with Crippen LogP contribution in [-0.4, -0.2) is 47.9 Å². The molecule has 1 N–H and O–H groups in total. The Morgan fingerprint density at radius 3 is 2.68 bits per heavy atom. The molecule has 118 valence electrons. The number of hydrogen-bond acceptors (Lipinski definition) is 5. The second kappa shape index (κ2) is 7.51. The molecule has 22 heavy (non-hydrogen) atoms. The zero-order valence-electron chi connectivity index (χ0n) is 12.0. The number of carbonyl (C=O) groups is 2. The van der Waals surface area contributed by atoms with E-state index < -0.39 is 4.92 Å². The fraction of sp³-hybridized carbons (Fsp3) is 0.429. The summed E-state index contributed by atoms with van der Waals surface area (Å²) in [4.78, 5) is 35.5. The van der Waals surface area contributed by atoms with Crippen molar-refractivity contribution >= 4 is 23.2 Å². The summed E-state index contributed by atoms with van der Waals surface area (Å²) in [7, 11) is 0. The maximum Gasteiger partial charge on any atom is 0.271 e. The SMILES string of the molecule is O=C(CCC(=O)N1CCOCC1)Nc1cccc([N+](=O)[O-])c1. The Kier molecular flexibility index (Phi) is 5.42. The molecule has 0 atom stereocenters. The number of amides is 2. The molecule has 8 heteroatoms. The highest BCUT2D eigenvalue weighted by atomic mass is 16.6. The standard InChI is InChI=1S/C14H17N3O5/c18-13(4-5-14(19)16-6-8-22-9-7-16)15-11-2-1-3-12(10-11)17(20)21/h1-3,10H,4-9H2,(H,15,18). The van der Waals surface area contributed by atoms with Gasteiger partial charge in [-0.3, -0.25) is 19.7 Å². The molecule has 1 aromatic rings. The molecule has 0 aromatic heterocycles. The number of nitrogens with one attached hydrogen (secondary N) is 1. The number of hydrogen-bond donors (Lipinski definition) is 1. The fourth-order valence-electron chi connectivity index (χ4n) is 2.11. The zero-order chi connectivity index (χ0) is 15.9. The van der Waals surface area contributed by atoms with Crippen molar-refractivity contribution in [2.45, 2.75) is 12.8 Å². The minimum atomic E-state index is -0.530. The molecule has 1 saturated heterocycles. The second-order valence-corrected chi connectivity index (χ2v) is 4.85. The van der Waals surface area contributed by atoms with E-state index in [1.807, 2.05) is 0 Å². The third-order valence-corrected chi connectivity index (χ3v) is 3.27. The number of non-ortho nitro benzene ring substituents is 1. The summed E-state index contributed by atoms with van der Waals surface area (Å²) in [5, 5.41) is 13.2. The highest BCUT2D eigenvalue weighted by Gasteiger charge is 2.17. The maximum absolute atomic E-state index is 11.9. The van der Waals surface area contributed by atoms with Crippen molar-refractivity contribution in [3.8, 4) is 0 Å². The van der Waals surface area contributed by atoms with E-state index in [-0.39, 0.29) is 30.3 Å². The van der Waals surface area contributed by atoms with Gasteiger partial charge in [0.1, 0.15) is 0 Å². The third-order valence-electron chi connectivity index (χ3n) is 3.27. The number of carbonyl (C=O) groups excluding carboxylic acids is 2. The molecule has 1 aliphatic heterocycles. The first-order valence-corrected chi connectivity index (χ1v) is 6.96. The van der Waals surface area contributed by atoms with Gasteiger partial charge < -0.3 is 15.0 Å². The quantitative estimate of drug-likeness (QED) is 0.650. The molecule has 2 rings (SSSR count). The molecule has 2 amide bonds. The molecule has 0 unspecified atom stereocenters. The van der Waals surface area contributed by atoms with Crippen LogP contribution < -0.4 is 5.32 Å². The van der Waals surface area contributed by atoms with Crippen LogP contribution in [0, 0.1) is 10.1 Å². The summed E-state index contributed by atoms with van der Waals surface area (Å²) < 4.78 is 5.16. The van der Waals surface area contributed by atoms with Gasteiger partial charge in [0, 0.05) is 43.8 Å². The predicted molar refractivity (Wildman–Crippen MR) is 78.4 cm³/mol. The number of morpholine rings is 1. The molecular formula is C14H17N3O5. The molecule has 1 aromatic carbocycles. The monoisotopic (exact) mass is 307 g/mol. The van der Waals surface area contributed by atoms with Gasteiger partial charge in [-0.1, -0.05) is 6.07 Å². The zero-order valence-corrected chi connectivity index (χ0v) is 12.0. The van der Waals surface area contributed by atoms with Gasteiger partial charge in [-0.15, -0.1) is 0 Å². The van der Waals surface area contributed by atoms with Crippen LogP contribution in [0.2, 0.25) is 0 Å². The Morgan fingerprint density at radius 1 is 1.27 bits per heavy atom. The van der Waals surface area contributed by atoms with E-state index in [1.54, 1.807) is 11.0 Å². The first-order valence-electron chi connectivity index (χ1n) is 6.96. The van der Waals surface area contributed by atoms with Crippen LogP contribution >= 0.6 is 0 Å². The molecule has 0 aliphatic carbocycles. The smallest absolute Gasteiger partial charge is 0.271 e. The lowest BCUT2D eigenvalue weighted by molar-refractivity contribution is -0.384. The van der Waals surface area contributed by atoms with Gasteiger partial charge in [-0.25, -0.2) is 0 Å². The predicted octanol–water partition coefficient (Wildman–Crippen LogP) is 1.17. The Hall–Kier alpha value is -2.48. The van der Waals surface area contributed by atoms with Crippen LogP contribution in [0.3, 0.4) is 0 Å². The average Bonchev–Trinajstić information content (AvgIpc) is 2.53. The third kappa shape index (κ3) is 4.52. The number of nitro benzene ring substituents is 1. The van der Waals surface area contributed by atoms with E-state index >= 15 is 0 Å². The van der Waals surface area contributed by atoms with Crippen molar-refractivity contribution in [1.82, 2.24) is 4.90 Å². The van der Waals surface area contributed by atoms with Crippen molar-refractivity contribution in [2.24, 2.45) is 0 Å². The topological polar surface area (TPSA) is 102 Å². The van der Waals surface area contributed by atoms with Crippen molar-refractivity contribution in [3.05, 3.63) is 34.4 Å². The summed E-state index contributed by atoms with van der Waals surface area (Å²) in [6.07, 6.45) is 0.152. The summed E-state index contributed by atoms with van der Waals surface area (Å²) in [6.45, 7) is 2.13. The minimum Gasteiger partial charge on any atom is -0.378 e. The molecule has 0 spiro atoms. The molecule has 0 saturated carbocycles. The van der Waals surface area contributed by atoms with Crippen LogP contribution in [-0.2, 0) is 14.3 Å². The number of nitrogens with zero attached hydrogens (tertiary/aromatic N) is 2. The number of rotatable bonds is 5. The van der Waals surface area contributed by atoms with Crippen LogP contribution in [0.5, 0.6) is 0 Å². The van der Waals surface area contributed by atoms with Crippen molar-refractivity contribution in [3.63, 3.8) is 0 Å².